The molecular formula is C17H23N3O. The minimum Gasteiger partial charge on any atom is -0.341 e. The summed E-state index contributed by atoms with van der Waals surface area (Å²) in [5.41, 5.74) is 7.76. The summed E-state index contributed by atoms with van der Waals surface area (Å²) in [6, 6.07) is 9.17. The lowest BCUT2D eigenvalue weighted by Gasteiger charge is -2.32. The quantitative estimate of drug-likeness (QED) is 0.920. The van der Waals surface area contributed by atoms with Crippen LogP contribution in [0.25, 0.3) is 0 Å². The molecule has 1 aliphatic heterocycles. The van der Waals surface area contributed by atoms with E-state index in [1.165, 1.54) is 0 Å². The van der Waals surface area contributed by atoms with Gasteiger partial charge in [0.25, 0.3) is 0 Å². The lowest BCUT2D eigenvalue weighted by molar-refractivity contribution is -0.134. The smallest absolute Gasteiger partial charge is 0.239 e. The Balaban J connectivity index is 1.85. The van der Waals surface area contributed by atoms with Crippen LogP contribution in [0.1, 0.15) is 37.3 Å². The lowest BCUT2D eigenvalue weighted by Crippen LogP contribution is -2.47. The molecule has 2 N–H and O–H groups in total. The maximum absolute atomic E-state index is 12.3. The van der Waals surface area contributed by atoms with Crippen molar-refractivity contribution in [3.63, 3.8) is 0 Å². The number of likely N-dealkylation sites (tertiary alicyclic amines) is 1. The summed E-state index contributed by atoms with van der Waals surface area (Å²) >= 11 is 0. The third kappa shape index (κ3) is 4.30. The molecule has 1 unspecified atom stereocenters. The molecule has 0 bridgehead atoms. The molecule has 4 heteroatoms. The molecule has 0 saturated carbocycles. The molecule has 1 aromatic rings. The number of hydrogen-bond donors (Lipinski definition) is 1. The van der Waals surface area contributed by atoms with Crippen molar-refractivity contribution in [2.45, 2.75) is 38.6 Å². The first-order chi connectivity index (χ1) is 10.1. The van der Waals surface area contributed by atoms with Crippen LogP contribution in [0, 0.1) is 17.2 Å². The van der Waals surface area contributed by atoms with Gasteiger partial charge in [-0.25, -0.2) is 0 Å². The highest BCUT2D eigenvalue weighted by molar-refractivity contribution is 5.81. The third-order valence-electron chi connectivity index (χ3n) is 4.21. The Morgan fingerprint density at radius 1 is 1.48 bits per heavy atom. The van der Waals surface area contributed by atoms with Crippen LogP contribution >= 0.6 is 0 Å². The van der Waals surface area contributed by atoms with Crippen molar-refractivity contribution in [3.05, 3.63) is 35.4 Å². The molecule has 2 rings (SSSR count). The van der Waals surface area contributed by atoms with Crippen LogP contribution in [0.2, 0.25) is 0 Å². The van der Waals surface area contributed by atoms with Gasteiger partial charge < -0.3 is 10.6 Å². The van der Waals surface area contributed by atoms with E-state index in [1.807, 2.05) is 23.1 Å². The van der Waals surface area contributed by atoms with E-state index >= 15 is 0 Å². The Morgan fingerprint density at radius 3 is 2.86 bits per heavy atom. The molecule has 21 heavy (non-hydrogen) atoms. The van der Waals surface area contributed by atoms with Crippen molar-refractivity contribution in [2.75, 3.05) is 13.1 Å². The van der Waals surface area contributed by atoms with E-state index in [1.54, 1.807) is 6.07 Å². The van der Waals surface area contributed by atoms with E-state index in [0.29, 0.717) is 17.9 Å². The summed E-state index contributed by atoms with van der Waals surface area (Å²) in [7, 11) is 0. The van der Waals surface area contributed by atoms with E-state index in [9.17, 15) is 4.79 Å². The average molecular weight is 285 g/mol. The van der Waals surface area contributed by atoms with Crippen LogP contribution in [0.15, 0.2) is 24.3 Å². The second-order valence-electron chi connectivity index (χ2n) is 5.97. The number of amides is 1. The van der Waals surface area contributed by atoms with Gasteiger partial charge in [-0.15, -0.1) is 0 Å². The molecule has 0 radical (unpaired) electrons. The second kappa shape index (κ2) is 7.24. The first-order valence-corrected chi connectivity index (χ1v) is 7.63. The van der Waals surface area contributed by atoms with Gasteiger partial charge >= 0.3 is 0 Å². The SMILES string of the molecule is CC1CCN(C(=O)C(N)CCc2cccc(C#N)c2)CC1. The zero-order valence-electron chi connectivity index (χ0n) is 12.6. The van der Waals surface area contributed by atoms with E-state index < -0.39 is 6.04 Å². The van der Waals surface area contributed by atoms with Gasteiger partial charge in [-0.1, -0.05) is 19.1 Å². The highest BCUT2D eigenvalue weighted by atomic mass is 16.2. The van der Waals surface area contributed by atoms with Crippen molar-refractivity contribution in [3.8, 4) is 6.07 Å². The fourth-order valence-corrected chi connectivity index (χ4v) is 2.71. The normalized spacial score (nSPS) is 17.3. The maximum atomic E-state index is 12.3. The van der Waals surface area contributed by atoms with Crippen molar-refractivity contribution in [2.24, 2.45) is 11.7 Å². The molecule has 1 heterocycles. The maximum Gasteiger partial charge on any atom is 0.239 e. The van der Waals surface area contributed by atoms with Gasteiger partial charge in [-0.3, -0.25) is 4.79 Å². The first kappa shape index (κ1) is 15.5. The van der Waals surface area contributed by atoms with Gasteiger partial charge in [0.2, 0.25) is 5.91 Å². The summed E-state index contributed by atoms with van der Waals surface area (Å²) in [6.07, 6.45) is 3.50. The summed E-state index contributed by atoms with van der Waals surface area (Å²) < 4.78 is 0. The summed E-state index contributed by atoms with van der Waals surface area (Å²) in [4.78, 5) is 14.2. The monoisotopic (exact) mass is 285 g/mol. The number of piperidine rings is 1. The number of carbonyl (C=O) groups is 1. The number of nitriles is 1. The highest BCUT2D eigenvalue weighted by Crippen LogP contribution is 2.17. The zero-order valence-corrected chi connectivity index (χ0v) is 12.6. The van der Waals surface area contributed by atoms with Gasteiger partial charge in [0.05, 0.1) is 17.7 Å². The number of rotatable bonds is 4. The van der Waals surface area contributed by atoms with E-state index in [0.717, 1.165) is 37.9 Å². The highest BCUT2D eigenvalue weighted by Gasteiger charge is 2.24. The molecule has 1 aliphatic rings. The Labute approximate surface area is 126 Å². The van der Waals surface area contributed by atoms with Crippen molar-refractivity contribution in [1.29, 1.82) is 5.26 Å². The fraction of sp³-hybridized carbons (Fsp3) is 0.529. The summed E-state index contributed by atoms with van der Waals surface area (Å²) in [5.74, 6) is 0.775. The van der Waals surface area contributed by atoms with Gasteiger partial charge in [0.15, 0.2) is 0 Å². The number of nitrogens with two attached hydrogens (primary N) is 1. The Kier molecular flexibility index (Phi) is 5.35. The summed E-state index contributed by atoms with van der Waals surface area (Å²) in [5, 5.41) is 8.88. The molecule has 1 amide bonds. The number of aryl methyl sites for hydroxylation is 1. The van der Waals surface area contributed by atoms with Gasteiger partial charge in [0.1, 0.15) is 0 Å². The molecule has 1 atom stereocenters. The van der Waals surface area contributed by atoms with Crippen molar-refractivity contribution < 1.29 is 4.79 Å². The largest absolute Gasteiger partial charge is 0.341 e. The van der Waals surface area contributed by atoms with Crippen LogP contribution in [0.4, 0.5) is 0 Å². The van der Waals surface area contributed by atoms with Crippen LogP contribution in [0.3, 0.4) is 0 Å². The zero-order chi connectivity index (χ0) is 15.2. The van der Waals surface area contributed by atoms with E-state index in [2.05, 4.69) is 13.0 Å². The summed E-state index contributed by atoms with van der Waals surface area (Å²) in [6.45, 7) is 3.89. The number of carbonyl (C=O) groups excluding carboxylic acids is 1. The molecule has 0 aromatic heterocycles. The van der Waals surface area contributed by atoms with Crippen molar-refractivity contribution >= 4 is 5.91 Å². The predicted octanol–water partition coefficient (Wildman–Crippen LogP) is 2.08. The van der Waals surface area contributed by atoms with Crippen LogP contribution in [-0.4, -0.2) is 29.9 Å². The topological polar surface area (TPSA) is 70.1 Å². The number of benzene rings is 1. The van der Waals surface area contributed by atoms with Crippen molar-refractivity contribution in [1.82, 2.24) is 4.90 Å². The van der Waals surface area contributed by atoms with Crippen LogP contribution < -0.4 is 5.73 Å². The molecule has 1 saturated heterocycles. The molecular weight excluding hydrogens is 262 g/mol. The number of hydrogen-bond acceptors (Lipinski definition) is 3. The molecule has 0 aliphatic carbocycles. The van der Waals surface area contributed by atoms with E-state index in [4.69, 9.17) is 11.0 Å². The molecule has 1 fully saturated rings. The second-order valence-corrected chi connectivity index (χ2v) is 5.97. The standard InChI is InChI=1S/C17H23N3O/c1-13-7-9-20(10-8-13)17(21)16(19)6-5-14-3-2-4-15(11-14)12-18/h2-4,11,13,16H,5-10,19H2,1H3. The Hall–Kier alpha value is -1.86. The molecule has 4 nitrogen and oxygen atoms in total. The molecule has 1 aromatic carbocycles. The van der Waals surface area contributed by atoms with Crippen LogP contribution in [0.5, 0.6) is 0 Å². The van der Waals surface area contributed by atoms with Gasteiger partial charge in [0, 0.05) is 13.1 Å². The van der Waals surface area contributed by atoms with Gasteiger partial charge in [-0.2, -0.15) is 5.26 Å². The lowest BCUT2D eigenvalue weighted by atomic mass is 9.97. The number of nitrogens with zero attached hydrogens (tertiary/aromatic N) is 2. The average Bonchev–Trinajstić information content (AvgIpc) is 2.53. The fourth-order valence-electron chi connectivity index (χ4n) is 2.71. The Morgan fingerprint density at radius 2 is 2.19 bits per heavy atom. The minimum absolute atomic E-state index is 0.0679. The first-order valence-electron chi connectivity index (χ1n) is 7.63. The molecule has 112 valence electrons. The molecule has 0 spiro atoms. The third-order valence-corrected chi connectivity index (χ3v) is 4.21. The predicted molar refractivity (Wildman–Crippen MR) is 82.4 cm³/mol. The van der Waals surface area contributed by atoms with Crippen LogP contribution in [-0.2, 0) is 11.2 Å². The van der Waals surface area contributed by atoms with Gasteiger partial charge in [-0.05, 0) is 49.3 Å². The van der Waals surface area contributed by atoms with E-state index in [-0.39, 0.29) is 5.91 Å². The Bertz CT molecular complexity index is 527. The minimum atomic E-state index is -0.441.